The Balaban J connectivity index is 1.71. The van der Waals surface area contributed by atoms with Crippen LogP contribution >= 0.6 is 0 Å². The van der Waals surface area contributed by atoms with Crippen molar-refractivity contribution in [3.05, 3.63) is 23.8 Å². The molecule has 0 aromatic heterocycles. The lowest BCUT2D eigenvalue weighted by molar-refractivity contribution is -0.142. The van der Waals surface area contributed by atoms with E-state index in [0.29, 0.717) is 13.2 Å². The van der Waals surface area contributed by atoms with E-state index in [9.17, 15) is 9.90 Å². The van der Waals surface area contributed by atoms with Crippen molar-refractivity contribution in [1.82, 2.24) is 4.90 Å². The second-order valence-corrected chi connectivity index (χ2v) is 5.78. The van der Waals surface area contributed by atoms with Gasteiger partial charge < -0.3 is 14.6 Å². The lowest BCUT2D eigenvalue weighted by atomic mass is 10.0. The fourth-order valence-electron chi connectivity index (χ4n) is 3.10. The summed E-state index contributed by atoms with van der Waals surface area (Å²) >= 11 is 0. The number of fused-ring (bicyclic) bond motifs is 1. The van der Waals surface area contributed by atoms with Crippen molar-refractivity contribution < 1.29 is 19.4 Å². The summed E-state index contributed by atoms with van der Waals surface area (Å²) in [6.45, 7) is 4.94. The third kappa shape index (κ3) is 2.97. The molecule has 2 aliphatic heterocycles. The number of carboxylic acids is 1. The summed E-state index contributed by atoms with van der Waals surface area (Å²) in [7, 11) is 0. The Kier molecular flexibility index (Phi) is 4.01. The van der Waals surface area contributed by atoms with E-state index in [1.54, 1.807) is 0 Å². The van der Waals surface area contributed by atoms with Gasteiger partial charge in [0.25, 0.3) is 0 Å². The highest BCUT2D eigenvalue weighted by Gasteiger charge is 2.35. The second kappa shape index (κ2) is 5.93. The van der Waals surface area contributed by atoms with E-state index in [2.05, 4.69) is 4.90 Å². The lowest BCUT2D eigenvalue weighted by Crippen LogP contribution is -2.32. The summed E-state index contributed by atoms with van der Waals surface area (Å²) in [5.41, 5.74) is 1.14. The topological polar surface area (TPSA) is 59.0 Å². The molecule has 0 radical (unpaired) electrons. The van der Waals surface area contributed by atoms with Crippen LogP contribution in [-0.2, 0) is 11.3 Å². The first-order chi connectivity index (χ1) is 10.1. The van der Waals surface area contributed by atoms with Gasteiger partial charge in [-0.3, -0.25) is 9.69 Å². The standard InChI is InChI=1S/C16H21NO4/c1-11-13(16(18)19)5-6-17(11)10-12-3-4-14-15(9-12)21-8-2-7-20-14/h3-4,9,11,13H,2,5-8,10H2,1H3,(H,18,19). The number of benzene rings is 1. The van der Waals surface area contributed by atoms with Gasteiger partial charge in [0.05, 0.1) is 19.1 Å². The first-order valence-electron chi connectivity index (χ1n) is 7.50. The molecule has 2 unspecified atom stereocenters. The average Bonchev–Trinajstić information content (AvgIpc) is 2.69. The molecule has 0 spiro atoms. The number of hydrogen-bond donors (Lipinski definition) is 1. The van der Waals surface area contributed by atoms with E-state index >= 15 is 0 Å². The Labute approximate surface area is 124 Å². The first-order valence-corrected chi connectivity index (χ1v) is 7.50. The predicted octanol–water partition coefficient (Wildman–Crippen LogP) is 2.14. The Hall–Kier alpha value is -1.75. The predicted molar refractivity (Wildman–Crippen MR) is 77.7 cm³/mol. The monoisotopic (exact) mass is 291 g/mol. The summed E-state index contributed by atoms with van der Waals surface area (Å²) in [5.74, 6) is 0.648. The van der Waals surface area contributed by atoms with E-state index < -0.39 is 5.97 Å². The molecule has 1 N–H and O–H groups in total. The summed E-state index contributed by atoms with van der Waals surface area (Å²) < 4.78 is 11.3. The van der Waals surface area contributed by atoms with Crippen LogP contribution in [0.4, 0.5) is 0 Å². The number of rotatable bonds is 3. The van der Waals surface area contributed by atoms with Gasteiger partial charge in [0.15, 0.2) is 11.5 Å². The molecule has 1 saturated heterocycles. The van der Waals surface area contributed by atoms with Crippen molar-refractivity contribution >= 4 is 5.97 Å². The van der Waals surface area contributed by atoms with Crippen molar-refractivity contribution in [2.75, 3.05) is 19.8 Å². The minimum Gasteiger partial charge on any atom is -0.490 e. The van der Waals surface area contributed by atoms with E-state index in [4.69, 9.17) is 9.47 Å². The van der Waals surface area contributed by atoms with Gasteiger partial charge in [0, 0.05) is 19.0 Å². The van der Waals surface area contributed by atoms with Crippen LogP contribution in [0.5, 0.6) is 11.5 Å². The molecule has 0 saturated carbocycles. The normalized spacial score (nSPS) is 25.6. The maximum atomic E-state index is 11.2. The highest BCUT2D eigenvalue weighted by molar-refractivity contribution is 5.71. The maximum Gasteiger partial charge on any atom is 0.308 e. The largest absolute Gasteiger partial charge is 0.490 e. The van der Waals surface area contributed by atoms with Gasteiger partial charge in [-0.15, -0.1) is 0 Å². The molecule has 0 aliphatic carbocycles. The Morgan fingerprint density at radius 2 is 2.10 bits per heavy atom. The van der Waals surface area contributed by atoms with Crippen LogP contribution in [0.15, 0.2) is 18.2 Å². The third-order valence-corrected chi connectivity index (χ3v) is 4.40. The minimum atomic E-state index is -0.691. The molecule has 2 atom stereocenters. The zero-order valence-electron chi connectivity index (χ0n) is 12.2. The van der Waals surface area contributed by atoms with E-state index in [-0.39, 0.29) is 12.0 Å². The number of carboxylic acid groups (broad SMARTS) is 1. The minimum absolute atomic E-state index is 0.0680. The number of nitrogens with zero attached hydrogens (tertiary/aromatic N) is 1. The summed E-state index contributed by atoms with van der Waals surface area (Å²) in [6, 6.07) is 6.07. The van der Waals surface area contributed by atoms with Crippen molar-refractivity contribution in [2.24, 2.45) is 5.92 Å². The molecule has 114 valence electrons. The average molecular weight is 291 g/mol. The highest BCUT2D eigenvalue weighted by atomic mass is 16.5. The molecule has 1 aromatic rings. The van der Waals surface area contributed by atoms with Crippen molar-refractivity contribution in [3.63, 3.8) is 0 Å². The van der Waals surface area contributed by atoms with Crippen LogP contribution in [0.2, 0.25) is 0 Å². The zero-order valence-corrected chi connectivity index (χ0v) is 12.2. The van der Waals surface area contributed by atoms with Crippen LogP contribution in [0.1, 0.15) is 25.3 Å². The second-order valence-electron chi connectivity index (χ2n) is 5.78. The maximum absolute atomic E-state index is 11.2. The van der Waals surface area contributed by atoms with Crippen molar-refractivity contribution in [2.45, 2.75) is 32.4 Å². The Bertz CT molecular complexity index is 531. The van der Waals surface area contributed by atoms with Gasteiger partial charge in [0.1, 0.15) is 0 Å². The number of carbonyl (C=O) groups is 1. The van der Waals surface area contributed by atoms with E-state index in [0.717, 1.165) is 43.0 Å². The Morgan fingerprint density at radius 3 is 2.81 bits per heavy atom. The van der Waals surface area contributed by atoms with Crippen molar-refractivity contribution in [1.29, 1.82) is 0 Å². The third-order valence-electron chi connectivity index (χ3n) is 4.40. The van der Waals surface area contributed by atoms with Gasteiger partial charge in [-0.05, 0) is 37.6 Å². The van der Waals surface area contributed by atoms with Crippen LogP contribution in [0.3, 0.4) is 0 Å². The lowest BCUT2D eigenvalue weighted by Gasteiger charge is -2.23. The molecule has 1 fully saturated rings. The smallest absolute Gasteiger partial charge is 0.308 e. The zero-order chi connectivity index (χ0) is 14.8. The van der Waals surface area contributed by atoms with E-state index in [1.807, 2.05) is 25.1 Å². The molecule has 21 heavy (non-hydrogen) atoms. The van der Waals surface area contributed by atoms with Gasteiger partial charge in [-0.2, -0.15) is 0 Å². The molecule has 2 heterocycles. The molecular formula is C16H21NO4. The molecule has 5 heteroatoms. The van der Waals surface area contributed by atoms with Crippen molar-refractivity contribution in [3.8, 4) is 11.5 Å². The van der Waals surface area contributed by atoms with Gasteiger partial charge in [-0.25, -0.2) is 0 Å². The fraction of sp³-hybridized carbons (Fsp3) is 0.562. The highest BCUT2D eigenvalue weighted by Crippen LogP contribution is 2.32. The van der Waals surface area contributed by atoms with Crippen LogP contribution in [0, 0.1) is 5.92 Å². The molecule has 3 rings (SSSR count). The summed E-state index contributed by atoms with van der Waals surface area (Å²) in [4.78, 5) is 13.4. The number of hydrogen-bond acceptors (Lipinski definition) is 4. The molecule has 0 bridgehead atoms. The quantitative estimate of drug-likeness (QED) is 0.924. The summed E-state index contributed by atoms with van der Waals surface area (Å²) in [5, 5.41) is 9.19. The molecule has 5 nitrogen and oxygen atoms in total. The van der Waals surface area contributed by atoms with Crippen LogP contribution < -0.4 is 9.47 Å². The molecule has 0 amide bonds. The van der Waals surface area contributed by atoms with Gasteiger partial charge >= 0.3 is 5.97 Å². The molecular weight excluding hydrogens is 270 g/mol. The Morgan fingerprint density at radius 1 is 1.33 bits per heavy atom. The van der Waals surface area contributed by atoms with Crippen LogP contribution in [-0.4, -0.2) is 41.8 Å². The first kappa shape index (κ1) is 14.2. The molecule has 2 aliphatic rings. The fourth-order valence-corrected chi connectivity index (χ4v) is 3.10. The number of likely N-dealkylation sites (tertiary alicyclic amines) is 1. The van der Waals surface area contributed by atoms with Gasteiger partial charge in [-0.1, -0.05) is 6.07 Å². The van der Waals surface area contributed by atoms with Crippen LogP contribution in [0.25, 0.3) is 0 Å². The number of ether oxygens (including phenoxy) is 2. The molecule has 1 aromatic carbocycles. The van der Waals surface area contributed by atoms with E-state index in [1.165, 1.54) is 0 Å². The summed E-state index contributed by atoms with van der Waals surface area (Å²) in [6.07, 6.45) is 1.62. The van der Waals surface area contributed by atoms with Gasteiger partial charge in [0.2, 0.25) is 0 Å². The number of aliphatic carboxylic acids is 1. The SMILES string of the molecule is CC1C(C(=O)O)CCN1Cc1ccc2c(c1)OCCCO2.